The lowest BCUT2D eigenvalue weighted by Crippen LogP contribution is -2.53. The predicted molar refractivity (Wildman–Crippen MR) is 50.4 cm³/mol. The van der Waals surface area contributed by atoms with Gasteiger partial charge in [0.2, 0.25) is 0 Å². The van der Waals surface area contributed by atoms with Crippen molar-refractivity contribution < 1.29 is 9.53 Å². The Bertz CT molecular complexity index is 280. The Hall–Kier alpha value is -0.630. The molecule has 2 aliphatic rings. The standard InChI is InChI=1S/C11H16O2/c1-7-4-8-9(5-10(8)12)11(2,6-7)13-3/h4,8-9H,5-6H2,1-3H3/t8-,9-,11-/m0/s1. The van der Waals surface area contributed by atoms with Gasteiger partial charge in [-0.1, -0.05) is 11.6 Å². The van der Waals surface area contributed by atoms with Gasteiger partial charge >= 0.3 is 0 Å². The quantitative estimate of drug-likeness (QED) is 0.576. The molecule has 0 aromatic heterocycles. The third-order valence-electron chi connectivity index (χ3n) is 3.57. The Balaban J connectivity index is 2.28. The molecule has 0 unspecified atom stereocenters. The van der Waals surface area contributed by atoms with Gasteiger partial charge in [0, 0.05) is 25.4 Å². The van der Waals surface area contributed by atoms with Gasteiger partial charge in [0.1, 0.15) is 5.78 Å². The number of Topliss-reactive ketones (excluding diaryl/α,β-unsaturated/α-hetero) is 1. The molecule has 0 aromatic rings. The van der Waals surface area contributed by atoms with Crippen LogP contribution in [0.3, 0.4) is 0 Å². The molecule has 3 atom stereocenters. The number of methoxy groups -OCH3 is 1. The van der Waals surface area contributed by atoms with Crippen molar-refractivity contribution in [2.24, 2.45) is 11.8 Å². The van der Waals surface area contributed by atoms with E-state index in [0.717, 1.165) is 6.42 Å². The number of rotatable bonds is 1. The number of ketones is 1. The number of allylic oxidation sites excluding steroid dienone is 1. The van der Waals surface area contributed by atoms with E-state index in [1.165, 1.54) is 5.57 Å². The van der Waals surface area contributed by atoms with E-state index in [2.05, 4.69) is 19.9 Å². The Morgan fingerprint density at radius 2 is 2.31 bits per heavy atom. The van der Waals surface area contributed by atoms with E-state index < -0.39 is 0 Å². The molecular weight excluding hydrogens is 164 g/mol. The van der Waals surface area contributed by atoms with Crippen LogP contribution in [0, 0.1) is 11.8 Å². The summed E-state index contributed by atoms with van der Waals surface area (Å²) in [6.07, 6.45) is 3.80. The molecule has 13 heavy (non-hydrogen) atoms. The molecule has 0 aromatic carbocycles. The lowest BCUT2D eigenvalue weighted by Gasteiger charge is -2.49. The van der Waals surface area contributed by atoms with Crippen molar-refractivity contribution >= 4 is 5.78 Å². The second-order valence-electron chi connectivity index (χ2n) is 4.51. The van der Waals surface area contributed by atoms with Crippen molar-refractivity contribution in [3.63, 3.8) is 0 Å². The summed E-state index contributed by atoms with van der Waals surface area (Å²) in [4.78, 5) is 11.3. The van der Waals surface area contributed by atoms with Crippen LogP contribution in [0.1, 0.15) is 26.7 Å². The van der Waals surface area contributed by atoms with Gasteiger partial charge in [-0.2, -0.15) is 0 Å². The lowest BCUT2D eigenvalue weighted by molar-refractivity contribution is -0.149. The molecule has 2 rings (SSSR count). The second-order valence-corrected chi connectivity index (χ2v) is 4.51. The number of carbonyl (C=O) groups excluding carboxylic acids is 1. The van der Waals surface area contributed by atoms with Crippen LogP contribution in [0.4, 0.5) is 0 Å². The van der Waals surface area contributed by atoms with Crippen molar-refractivity contribution in [3.8, 4) is 0 Å². The summed E-state index contributed by atoms with van der Waals surface area (Å²) in [5.74, 6) is 0.958. The maximum absolute atomic E-state index is 11.3. The molecule has 1 fully saturated rings. The first-order valence-electron chi connectivity index (χ1n) is 4.82. The summed E-state index contributed by atoms with van der Waals surface area (Å²) in [6, 6.07) is 0. The van der Waals surface area contributed by atoms with Crippen molar-refractivity contribution in [2.45, 2.75) is 32.3 Å². The van der Waals surface area contributed by atoms with E-state index in [1.807, 2.05) is 0 Å². The molecule has 2 aliphatic carbocycles. The summed E-state index contributed by atoms with van der Waals surface area (Å²) in [6.45, 7) is 4.20. The first-order valence-corrected chi connectivity index (χ1v) is 4.82. The van der Waals surface area contributed by atoms with Crippen molar-refractivity contribution in [3.05, 3.63) is 11.6 Å². The highest BCUT2D eigenvalue weighted by Crippen LogP contribution is 2.48. The molecule has 0 amide bonds. The summed E-state index contributed by atoms with van der Waals surface area (Å²) in [5.41, 5.74) is 1.19. The van der Waals surface area contributed by atoms with Crippen LogP contribution in [0.25, 0.3) is 0 Å². The molecule has 0 bridgehead atoms. The third-order valence-corrected chi connectivity index (χ3v) is 3.57. The van der Waals surface area contributed by atoms with Crippen LogP contribution >= 0.6 is 0 Å². The van der Waals surface area contributed by atoms with E-state index in [0.29, 0.717) is 18.1 Å². The van der Waals surface area contributed by atoms with Gasteiger partial charge in [-0.05, 0) is 20.3 Å². The fraction of sp³-hybridized carbons (Fsp3) is 0.727. The van der Waals surface area contributed by atoms with Gasteiger partial charge in [0.05, 0.1) is 5.60 Å². The van der Waals surface area contributed by atoms with Crippen LogP contribution < -0.4 is 0 Å². The topological polar surface area (TPSA) is 26.3 Å². The molecule has 0 N–H and O–H groups in total. The van der Waals surface area contributed by atoms with Crippen molar-refractivity contribution in [1.82, 2.24) is 0 Å². The minimum atomic E-state index is -0.0998. The smallest absolute Gasteiger partial charge is 0.140 e. The zero-order valence-electron chi connectivity index (χ0n) is 8.46. The van der Waals surface area contributed by atoms with E-state index in [-0.39, 0.29) is 11.5 Å². The lowest BCUT2D eigenvalue weighted by atomic mass is 9.59. The van der Waals surface area contributed by atoms with Crippen molar-refractivity contribution in [2.75, 3.05) is 7.11 Å². The first kappa shape index (κ1) is 8.95. The molecule has 0 radical (unpaired) electrons. The molecule has 0 heterocycles. The molecule has 1 saturated carbocycles. The summed E-state index contributed by atoms with van der Waals surface area (Å²) < 4.78 is 5.54. The van der Waals surface area contributed by atoms with Gasteiger partial charge in [-0.15, -0.1) is 0 Å². The van der Waals surface area contributed by atoms with Crippen LogP contribution in [0.2, 0.25) is 0 Å². The Morgan fingerprint density at radius 3 is 2.85 bits per heavy atom. The van der Waals surface area contributed by atoms with Crippen LogP contribution in [-0.4, -0.2) is 18.5 Å². The van der Waals surface area contributed by atoms with Gasteiger partial charge in [-0.25, -0.2) is 0 Å². The molecule has 0 saturated heterocycles. The molecule has 72 valence electrons. The van der Waals surface area contributed by atoms with E-state index >= 15 is 0 Å². The van der Waals surface area contributed by atoms with E-state index in [4.69, 9.17) is 4.74 Å². The number of fused-ring (bicyclic) bond motifs is 1. The number of hydrogen-bond acceptors (Lipinski definition) is 2. The average molecular weight is 180 g/mol. The van der Waals surface area contributed by atoms with Gasteiger partial charge in [-0.3, -0.25) is 4.79 Å². The Morgan fingerprint density at radius 1 is 1.62 bits per heavy atom. The number of carbonyl (C=O) groups is 1. The Kier molecular flexibility index (Phi) is 1.84. The van der Waals surface area contributed by atoms with Crippen LogP contribution in [0.5, 0.6) is 0 Å². The highest BCUT2D eigenvalue weighted by Gasteiger charge is 2.51. The summed E-state index contributed by atoms with van der Waals surface area (Å²) >= 11 is 0. The van der Waals surface area contributed by atoms with Gasteiger partial charge in [0.15, 0.2) is 0 Å². The minimum absolute atomic E-state index is 0.0998. The predicted octanol–water partition coefficient (Wildman–Crippen LogP) is 1.95. The normalized spacial score (nSPS) is 43.6. The summed E-state index contributed by atoms with van der Waals surface area (Å²) in [7, 11) is 1.75. The molecule has 0 aliphatic heterocycles. The highest BCUT2D eigenvalue weighted by atomic mass is 16.5. The largest absolute Gasteiger partial charge is 0.378 e. The van der Waals surface area contributed by atoms with Crippen molar-refractivity contribution in [1.29, 1.82) is 0 Å². The second kappa shape index (κ2) is 2.68. The van der Waals surface area contributed by atoms with E-state index in [1.54, 1.807) is 7.11 Å². The minimum Gasteiger partial charge on any atom is -0.378 e. The van der Waals surface area contributed by atoms with Crippen LogP contribution in [-0.2, 0) is 9.53 Å². The molecular formula is C11H16O2. The fourth-order valence-electron chi connectivity index (χ4n) is 2.62. The average Bonchev–Trinajstić information content (AvgIpc) is 2.09. The zero-order valence-corrected chi connectivity index (χ0v) is 8.46. The third kappa shape index (κ3) is 1.16. The molecule has 0 spiro atoms. The fourth-order valence-corrected chi connectivity index (χ4v) is 2.62. The highest BCUT2D eigenvalue weighted by molar-refractivity contribution is 5.90. The van der Waals surface area contributed by atoms with Gasteiger partial charge < -0.3 is 4.74 Å². The maximum atomic E-state index is 11.3. The first-order chi connectivity index (χ1) is 6.07. The zero-order chi connectivity index (χ0) is 9.64. The molecule has 2 heteroatoms. The SMILES string of the molecule is CO[C@@]1(C)CC(C)=C[C@@H]2C(=O)C[C@@H]21. The molecule has 2 nitrogen and oxygen atoms in total. The monoisotopic (exact) mass is 180 g/mol. The Labute approximate surface area is 79.0 Å². The maximum Gasteiger partial charge on any atom is 0.140 e. The number of hydrogen-bond donors (Lipinski definition) is 0. The number of ether oxygens (including phenoxy) is 1. The van der Waals surface area contributed by atoms with Crippen LogP contribution in [0.15, 0.2) is 11.6 Å². The van der Waals surface area contributed by atoms with Gasteiger partial charge in [0.25, 0.3) is 0 Å². The van der Waals surface area contributed by atoms with E-state index in [9.17, 15) is 4.79 Å². The summed E-state index contributed by atoms with van der Waals surface area (Å²) in [5, 5.41) is 0.